The zero-order valence-electron chi connectivity index (χ0n) is 13.2. The number of hydrogen-bond donors (Lipinski definition) is 1. The molecule has 1 aliphatic rings. The number of thiazole rings is 1. The van der Waals surface area contributed by atoms with E-state index in [1.165, 1.54) is 16.3 Å². The Morgan fingerprint density at radius 2 is 1.86 bits per heavy atom. The third-order valence-electron chi connectivity index (χ3n) is 4.11. The molecule has 1 aromatic carbocycles. The van der Waals surface area contributed by atoms with Crippen LogP contribution in [0.25, 0.3) is 0 Å². The maximum Gasteiger partial charge on any atom is 0.0926 e. The molecule has 0 radical (unpaired) electrons. The van der Waals surface area contributed by atoms with Gasteiger partial charge in [0, 0.05) is 50.3 Å². The van der Waals surface area contributed by atoms with Gasteiger partial charge in [0.05, 0.1) is 10.7 Å². The lowest BCUT2D eigenvalue weighted by Gasteiger charge is -2.34. The van der Waals surface area contributed by atoms with Crippen molar-refractivity contribution in [3.05, 3.63) is 45.9 Å². The minimum Gasteiger partial charge on any atom is -0.399 e. The molecule has 2 aromatic rings. The number of nitrogens with two attached hydrogens (primary N) is 1. The SMILES string of the molecule is CCc1nc(CN2CCN(Cc3cccc(N)c3)CC2)cs1. The number of hydrogen-bond acceptors (Lipinski definition) is 5. The maximum absolute atomic E-state index is 5.85. The molecule has 22 heavy (non-hydrogen) atoms. The fourth-order valence-electron chi connectivity index (χ4n) is 2.87. The molecule has 0 amide bonds. The van der Waals surface area contributed by atoms with E-state index in [9.17, 15) is 0 Å². The van der Waals surface area contributed by atoms with Gasteiger partial charge in [0.1, 0.15) is 0 Å². The number of nitrogens with zero attached hydrogens (tertiary/aromatic N) is 3. The zero-order chi connectivity index (χ0) is 15.4. The highest BCUT2D eigenvalue weighted by Crippen LogP contribution is 2.15. The highest BCUT2D eigenvalue weighted by Gasteiger charge is 2.18. The van der Waals surface area contributed by atoms with Crippen LogP contribution in [0.15, 0.2) is 29.6 Å². The van der Waals surface area contributed by atoms with Crippen LogP contribution in [-0.4, -0.2) is 41.0 Å². The molecule has 0 unspecified atom stereocenters. The third kappa shape index (κ3) is 4.06. The summed E-state index contributed by atoms with van der Waals surface area (Å²) < 4.78 is 0. The van der Waals surface area contributed by atoms with Crippen molar-refractivity contribution in [2.24, 2.45) is 0 Å². The number of rotatable bonds is 5. The van der Waals surface area contributed by atoms with Crippen molar-refractivity contribution in [3.63, 3.8) is 0 Å². The Labute approximate surface area is 136 Å². The zero-order valence-corrected chi connectivity index (χ0v) is 14.0. The first-order valence-electron chi connectivity index (χ1n) is 7.95. The van der Waals surface area contributed by atoms with E-state index in [0.717, 1.165) is 51.4 Å². The van der Waals surface area contributed by atoms with Crippen LogP contribution in [0.1, 0.15) is 23.2 Å². The minimum atomic E-state index is 0.853. The molecule has 0 saturated carbocycles. The van der Waals surface area contributed by atoms with Crippen molar-refractivity contribution in [3.8, 4) is 0 Å². The molecule has 4 nitrogen and oxygen atoms in total. The minimum absolute atomic E-state index is 0.853. The van der Waals surface area contributed by atoms with Gasteiger partial charge in [0.25, 0.3) is 0 Å². The smallest absolute Gasteiger partial charge is 0.0926 e. The Hall–Kier alpha value is -1.43. The Bertz CT molecular complexity index is 602. The van der Waals surface area contributed by atoms with Crippen LogP contribution in [0.2, 0.25) is 0 Å². The summed E-state index contributed by atoms with van der Waals surface area (Å²) in [6.07, 6.45) is 1.04. The fourth-order valence-corrected chi connectivity index (χ4v) is 3.60. The second kappa shape index (κ2) is 7.22. The predicted molar refractivity (Wildman–Crippen MR) is 92.9 cm³/mol. The second-order valence-electron chi connectivity index (χ2n) is 5.88. The van der Waals surface area contributed by atoms with E-state index in [1.807, 2.05) is 12.1 Å². The van der Waals surface area contributed by atoms with Crippen molar-refractivity contribution in [1.29, 1.82) is 0 Å². The summed E-state index contributed by atoms with van der Waals surface area (Å²) >= 11 is 1.78. The Kier molecular flexibility index (Phi) is 5.08. The van der Waals surface area contributed by atoms with Gasteiger partial charge in [0.2, 0.25) is 0 Å². The first-order valence-corrected chi connectivity index (χ1v) is 8.83. The molecule has 1 fully saturated rings. The molecule has 3 rings (SSSR count). The van der Waals surface area contributed by atoms with E-state index in [1.54, 1.807) is 11.3 Å². The summed E-state index contributed by atoms with van der Waals surface area (Å²) in [6, 6.07) is 8.21. The molecule has 2 heterocycles. The quantitative estimate of drug-likeness (QED) is 0.861. The summed E-state index contributed by atoms with van der Waals surface area (Å²) in [6.45, 7) is 8.59. The molecule has 0 spiro atoms. The number of anilines is 1. The van der Waals surface area contributed by atoms with Crippen LogP contribution in [0.5, 0.6) is 0 Å². The second-order valence-corrected chi connectivity index (χ2v) is 6.83. The topological polar surface area (TPSA) is 45.4 Å². The Morgan fingerprint density at radius 1 is 1.14 bits per heavy atom. The van der Waals surface area contributed by atoms with Gasteiger partial charge in [-0.2, -0.15) is 0 Å². The maximum atomic E-state index is 5.85. The standard InChI is InChI=1S/C17H24N4S/c1-2-17-19-16(13-22-17)12-21-8-6-20(7-9-21)11-14-4-3-5-15(18)10-14/h3-5,10,13H,2,6-9,11-12,18H2,1H3. The van der Waals surface area contributed by atoms with Crippen molar-refractivity contribution >= 4 is 17.0 Å². The van der Waals surface area contributed by atoms with Gasteiger partial charge in [0.15, 0.2) is 0 Å². The Morgan fingerprint density at radius 3 is 2.50 bits per heavy atom. The molecule has 0 bridgehead atoms. The summed E-state index contributed by atoms with van der Waals surface area (Å²) in [4.78, 5) is 9.68. The lowest BCUT2D eigenvalue weighted by atomic mass is 10.1. The van der Waals surface area contributed by atoms with Gasteiger partial charge in [-0.1, -0.05) is 19.1 Å². The summed E-state index contributed by atoms with van der Waals surface area (Å²) in [5, 5.41) is 3.45. The van der Waals surface area contributed by atoms with Crippen molar-refractivity contribution in [2.75, 3.05) is 31.9 Å². The summed E-state index contributed by atoms with van der Waals surface area (Å²) in [5.74, 6) is 0. The largest absolute Gasteiger partial charge is 0.399 e. The first-order chi connectivity index (χ1) is 10.7. The molecule has 118 valence electrons. The van der Waals surface area contributed by atoms with Crippen LogP contribution in [-0.2, 0) is 19.5 Å². The average Bonchev–Trinajstić information content (AvgIpc) is 2.97. The van der Waals surface area contributed by atoms with Crippen LogP contribution in [0.3, 0.4) is 0 Å². The number of aromatic nitrogens is 1. The molecular formula is C17H24N4S. The van der Waals surface area contributed by atoms with E-state index < -0.39 is 0 Å². The lowest BCUT2D eigenvalue weighted by molar-refractivity contribution is 0.121. The third-order valence-corrected chi connectivity index (χ3v) is 5.15. The lowest BCUT2D eigenvalue weighted by Crippen LogP contribution is -2.45. The van der Waals surface area contributed by atoms with Gasteiger partial charge in [-0.3, -0.25) is 9.80 Å². The molecule has 1 aromatic heterocycles. The van der Waals surface area contributed by atoms with Crippen LogP contribution in [0, 0.1) is 0 Å². The highest BCUT2D eigenvalue weighted by atomic mass is 32.1. The number of piperazine rings is 1. The first kappa shape index (κ1) is 15.5. The average molecular weight is 316 g/mol. The van der Waals surface area contributed by atoms with Crippen molar-refractivity contribution < 1.29 is 0 Å². The Balaban J connectivity index is 1.47. The molecule has 2 N–H and O–H groups in total. The fraction of sp³-hybridized carbons (Fsp3) is 0.471. The van der Waals surface area contributed by atoms with Gasteiger partial charge in [-0.15, -0.1) is 11.3 Å². The van der Waals surface area contributed by atoms with E-state index in [2.05, 4.69) is 39.2 Å². The number of nitrogen functional groups attached to an aromatic ring is 1. The van der Waals surface area contributed by atoms with Gasteiger partial charge < -0.3 is 5.73 Å². The summed E-state index contributed by atoms with van der Waals surface area (Å²) in [5.41, 5.74) is 9.24. The predicted octanol–water partition coefficient (Wildman–Crippen LogP) is 2.61. The molecule has 0 aliphatic carbocycles. The molecule has 1 saturated heterocycles. The molecule has 5 heteroatoms. The van der Waals surface area contributed by atoms with Gasteiger partial charge >= 0.3 is 0 Å². The van der Waals surface area contributed by atoms with Gasteiger partial charge in [-0.05, 0) is 24.1 Å². The van der Waals surface area contributed by atoms with E-state index in [4.69, 9.17) is 5.73 Å². The van der Waals surface area contributed by atoms with Crippen molar-refractivity contribution in [2.45, 2.75) is 26.4 Å². The highest BCUT2D eigenvalue weighted by molar-refractivity contribution is 7.09. The van der Waals surface area contributed by atoms with E-state index >= 15 is 0 Å². The van der Waals surface area contributed by atoms with Crippen LogP contribution in [0.4, 0.5) is 5.69 Å². The molecule has 0 atom stereocenters. The van der Waals surface area contributed by atoms with Gasteiger partial charge in [-0.25, -0.2) is 4.98 Å². The van der Waals surface area contributed by atoms with E-state index in [0.29, 0.717) is 0 Å². The summed E-state index contributed by atoms with van der Waals surface area (Å²) in [7, 11) is 0. The van der Waals surface area contributed by atoms with E-state index in [-0.39, 0.29) is 0 Å². The van der Waals surface area contributed by atoms with Crippen LogP contribution < -0.4 is 5.73 Å². The molecule has 1 aliphatic heterocycles. The monoisotopic (exact) mass is 316 g/mol. The number of aryl methyl sites for hydroxylation is 1. The normalized spacial score (nSPS) is 17.0. The molecular weight excluding hydrogens is 292 g/mol. The van der Waals surface area contributed by atoms with Crippen molar-refractivity contribution in [1.82, 2.24) is 14.8 Å². The van der Waals surface area contributed by atoms with Crippen LogP contribution >= 0.6 is 11.3 Å². The number of benzene rings is 1.